The zero-order valence-corrected chi connectivity index (χ0v) is 12.6. The largest absolute Gasteiger partial charge is 0.468 e. The molecule has 1 amide bonds. The molecule has 4 nitrogen and oxygen atoms in total. The summed E-state index contributed by atoms with van der Waals surface area (Å²) >= 11 is 3.37. The van der Waals surface area contributed by atoms with Gasteiger partial charge in [0.2, 0.25) is 5.91 Å². The molecule has 0 saturated heterocycles. The summed E-state index contributed by atoms with van der Waals surface area (Å²) in [7, 11) is 3.02. The number of ether oxygens (including phenoxy) is 1. The minimum absolute atomic E-state index is 0.191. The van der Waals surface area contributed by atoms with Crippen LogP contribution in [0.15, 0.2) is 28.7 Å². The first-order valence-corrected chi connectivity index (χ1v) is 6.93. The van der Waals surface area contributed by atoms with E-state index in [1.165, 1.54) is 12.0 Å². The third-order valence-corrected chi connectivity index (χ3v) is 4.19. The average molecular weight is 326 g/mol. The fourth-order valence-corrected chi connectivity index (χ4v) is 2.74. The Morgan fingerprint density at radius 1 is 1.37 bits per heavy atom. The van der Waals surface area contributed by atoms with Crippen molar-refractivity contribution in [2.45, 2.75) is 19.3 Å². The van der Waals surface area contributed by atoms with Crippen LogP contribution in [-0.2, 0) is 14.3 Å². The molecule has 1 aromatic carbocycles. The van der Waals surface area contributed by atoms with Gasteiger partial charge in [-0.05, 0) is 31.0 Å². The molecule has 2 rings (SSSR count). The van der Waals surface area contributed by atoms with Crippen LogP contribution in [0, 0.1) is 5.41 Å². The summed E-state index contributed by atoms with van der Waals surface area (Å²) in [4.78, 5) is 26.0. The Kier molecular flexibility index (Phi) is 3.94. The number of benzene rings is 1. The lowest BCUT2D eigenvalue weighted by Gasteiger charge is -2.39. The maximum absolute atomic E-state index is 12.6. The predicted octanol–water partition coefficient (Wildman–Crippen LogP) is 2.76. The second-order valence-electron chi connectivity index (χ2n) is 4.77. The first kappa shape index (κ1) is 14.1. The lowest BCUT2D eigenvalue weighted by atomic mass is 9.67. The summed E-state index contributed by atoms with van der Waals surface area (Å²) < 4.78 is 5.69. The van der Waals surface area contributed by atoms with E-state index in [2.05, 4.69) is 15.9 Å². The molecule has 0 bridgehead atoms. The van der Waals surface area contributed by atoms with Gasteiger partial charge in [-0.2, -0.15) is 0 Å². The van der Waals surface area contributed by atoms with E-state index in [9.17, 15) is 9.59 Å². The smallest absolute Gasteiger partial charge is 0.321 e. The van der Waals surface area contributed by atoms with Crippen LogP contribution in [0.2, 0.25) is 0 Å². The van der Waals surface area contributed by atoms with Crippen LogP contribution in [0.1, 0.15) is 19.3 Å². The van der Waals surface area contributed by atoms with Gasteiger partial charge in [-0.1, -0.05) is 28.4 Å². The van der Waals surface area contributed by atoms with Crippen molar-refractivity contribution in [1.29, 1.82) is 0 Å². The van der Waals surface area contributed by atoms with Crippen molar-refractivity contribution in [1.82, 2.24) is 0 Å². The minimum Gasteiger partial charge on any atom is -0.468 e. The lowest BCUT2D eigenvalue weighted by Crippen LogP contribution is -2.52. The number of rotatable bonds is 3. The molecule has 0 N–H and O–H groups in total. The zero-order chi connectivity index (χ0) is 14.0. The molecule has 1 fully saturated rings. The van der Waals surface area contributed by atoms with E-state index in [4.69, 9.17) is 4.74 Å². The summed E-state index contributed by atoms with van der Waals surface area (Å²) in [6, 6.07) is 7.43. The number of halogens is 1. The molecule has 0 radical (unpaired) electrons. The van der Waals surface area contributed by atoms with Gasteiger partial charge in [0.15, 0.2) is 0 Å². The van der Waals surface area contributed by atoms with E-state index in [0.717, 1.165) is 16.6 Å². The number of hydrogen-bond donors (Lipinski definition) is 0. The lowest BCUT2D eigenvalue weighted by molar-refractivity contribution is -0.163. The number of hydrogen-bond acceptors (Lipinski definition) is 3. The second-order valence-corrected chi connectivity index (χ2v) is 5.69. The third-order valence-electron chi connectivity index (χ3n) is 3.69. The molecule has 0 aromatic heterocycles. The van der Waals surface area contributed by atoms with Gasteiger partial charge in [0, 0.05) is 17.2 Å². The van der Waals surface area contributed by atoms with Gasteiger partial charge in [0.1, 0.15) is 5.41 Å². The van der Waals surface area contributed by atoms with Crippen LogP contribution >= 0.6 is 15.9 Å². The fraction of sp³-hybridized carbons (Fsp3) is 0.429. The molecule has 0 heterocycles. The van der Waals surface area contributed by atoms with Crippen molar-refractivity contribution in [3.05, 3.63) is 28.7 Å². The van der Waals surface area contributed by atoms with Crippen LogP contribution in [-0.4, -0.2) is 26.0 Å². The van der Waals surface area contributed by atoms with Gasteiger partial charge in [-0.3, -0.25) is 9.59 Å². The first-order chi connectivity index (χ1) is 9.01. The Hall–Kier alpha value is -1.36. The summed E-state index contributed by atoms with van der Waals surface area (Å²) in [6.45, 7) is 0. The van der Waals surface area contributed by atoms with Crippen LogP contribution < -0.4 is 4.90 Å². The number of carbonyl (C=O) groups excluding carboxylic acids is 2. The number of anilines is 1. The highest BCUT2D eigenvalue weighted by molar-refractivity contribution is 9.10. The third kappa shape index (κ3) is 2.39. The second kappa shape index (κ2) is 5.33. The molecule has 1 saturated carbocycles. The molecule has 1 aromatic rings. The quantitative estimate of drug-likeness (QED) is 0.634. The van der Waals surface area contributed by atoms with E-state index < -0.39 is 11.4 Å². The maximum atomic E-state index is 12.6. The Morgan fingerprint density at radius 2 is 2.05 bits per heavy atom. The van der Waals surface area contributed by atoms with E-state index in [1.807, 2.05) is 24.3 Å². The van der Waals surface area contributed by atoms with E-state index in [1.54, 1.807) is 7.05 Å². The van der Waals surface area contributed by atoms with E-state index in [0.29, 0.717) is 12.8 Å². The fourth-order valence-electron chi connectivity index (χ4n) is 2.35. The molecule has 102 valence electrons. The summed E-state index contributed by atoms with van der Waals surface area (Å²) in [5.74, 6) is -0.616. The van der Waals surface area contributed by atoms with Crippen molar-refractivity contribution in [2.24, 2.45) is 5.41 Å². The summed E-state index contributed by atoms with van der Waals surface area (Å²) in [5, 5.41) is 0. The number of methoxy groups -OCH3 is 1. The molecule has 1 aliphatic rings. The predicted molar refractivity (Wildman–Crippen MR) is 75.9 cm³/mol. The minimum atomic E-state index is -0.980. The van der Waals surface area contributed by atoms with E-state index in [-0.39, 0.29) is 5.91 Å². The van der Waals surface area contributed by atoms with Gasteiger partial charge in [-0.15, -0.1) is 0 Å². The van der Waals surface area contributed by atoms with Crippen LogP contribution in [0.3, 0.4) is 0 Å². The van der Waals surface area contributed by atoms with Gasteiger partial charge >= 0.3 is 5.97 Å². The Morgan fingerprint density at radius 3 is 2.53 bits per heavy atom. The molecular formula is C14H16BrNO3. The van der Waals surface area contributed by atoms with Gasteiger partial charge in [0.05, 0.1) is 7.11 Å². The van der Waals surface area contributed by atoms with Gasteiger partial charge < -0.3 is 9.64 Å². The van der Waals surface area contributed by atoms with Crippen LogP contribution in [0.4, 0.5) is 5.69 Å². The monoisotopic (exact) mass is 325 g/mol. The number of carbonyl (C=O) groups is 2. The highest BCUT2D eigenvalue weighted by Gasteiger charge is 2.53. The summed E-state index contributed by atoms with van der Waals surface area (Å²) in [5.41, 5.74) is -0.221. The SMILES string of the molecule is COC(=O)C1(C(=O)N(C)c2cccc(Br)c2)CCC1. The van der Waals surface area contributed by atoms with Gasteiger partial charge in [-0.25, -0.2) is 0 Å². The summed E-state index contributed by atoms with van der Waals surface area (Å²) in [6.07, 6.45) is 2.01. The van der Waals surface area contributed by atoms with Gasteiger partial charge in [0.25, 0.3) is 0 Å². The van der Waals surface area contributed by atoms with E-state index >= 15 is 0 Å². The zero-order valence-electron chi connectivity index (χ0n) is 11.0. The van der Waals surface area contributed by atoms with Crippen molar-refractivity contribution in [2.75, 3.05) is 19.1 Å². The average Bonchev–Trinajstić information content (AvgIpc) is 2.36. The normalized spacial score (nSPS) is 16.4. The number of esters is 1. The Balaban J connectivity index is 2.26. The highest BCUT2D eigenvalue weighted by atomic mass is 79.9. The molecular weight excluding hydrogens is 310 g/mol. The highest BCUT2D eigenvalue weighted by Crippen LogP contribution is 2.44. The standard InChI is InChI=1S/C14H16BrNO3/c1-16(11-6-3-5-10(15)9-11)12(17)14(7-4-8-14)13(18)19-2/h3,5-6,9H,4,7-8H2,1-2H3. The molecule has 0 spiro atoms. The Labute approximate surface area is 120 Å². The maximum Gasteiger partial charge on any atom is 0.321 e. The number of nitrogens with zero attached hydrogens (tertiary/aromatic N) is 1. The van der Waals surface area contributed by atoms with Crippen molar-refractivity contribution in [3.8, 4) is 0 Å². The molecule has 0 aliphatic heterocycles. The molecule has 0 atom stereocenters. The van der Waals surface area contributed by atoms with Crippen LogP contribution in [0.25, 0.3) is 0 Å². The molecule has 5 heteroatoms. The molecule has 1 aliphatic carbocycles. The molecule has 19 heavy (non-hydrogen) atoms. The van der Waals surface area contributed by atoms with Crippen molar-refractivity contribution in [3.63, 3.8) is 0 Å². The molecule has 0 unspecified atom stereocenters. The van der Waals surface area contributed by atoms with Crippen molar-refractivity contribution >= 4 is 33.5 Å². The van der Waals surface area contributed by atoms with Crippen LogP contribution in [0.5, 0.6) is 0 Å². The topological polar surface area (TPSA) is 46.6 Å². The van der Waals surface area contributed by atoms with Crippen molar-refractivity contribution < 1.29 is 14.3 Å². The Bertz CT molecular complexity index is 511. The first-order valence-electron chi connectivity index (χ1n) is 6.13. The number of amides is 1.